The van der Waals surface area contributed by atoms with Gasteiger partial charge < -0.3 is 5.32 Å². The normalized spacial score (nSPS) is 12.5. The third-order valence-electron chi connectivity index (χ3n) is 2.78. The third-order valence-corrected chi connectivity index (χ3v) is 4.64. The van der Waals surface area contributed by atoms with Crippen LogP contribution in [0.15, 0.2) is 29.0 Å². The summed E-state index contributed by atoms with van der Waals surface area (Å²) in [5.41, 5.74) is 2.50. The fourth-order valence-electron chi connectivity index (χ4n) is 1.84. The van der Waals surface area contributed by atoms with Crippen molar-refractivity contribution in [2.75, 3.05) is 10.7 Å². The molecule has 1 atom stereocenters. The monoisotopic (exact) mass is 291 g/mol. The van der Waals surface area contributed by atoms with Crippen LogP contribution >= 0.6 is 22.7 Å². The van der Waals surface area contributed by atoms with Gasteiger partial charge in [0.15, 0.2) is 0 Å². The summed E-state index contributed by atoms with van der Waals surface area (Å²) >= 11 is 3.30. The lowest BCUT2D eigenvalue weighted by atomic mass is 10.2. The van der Waals surface area contributed by atoms with Gasteiger partial charge in [-0.25, -0.2) is 10.8 Å². The minimum absolute atomic E-state index is 0.198. The fourth-order valence-corrected chi connectivity index (χ4v) is 3.34. The maximum absolute atomic E-state index is 5.41. The number of fused-ring (bicyclic) bond motifs is 1. The standard InChI is InChI=1S/C12H13N5S2/c1-7(9-3-2-5-18-9)14-10-8-4-6-19-11(8)16-12(15-10)17-13/h2-7H,13H2,1H3,(H2,14,15,16,17). The van der Waals surface area contributed by atoms with Crippen molar-refractivity contribution in [3.05, 3.63) is 33.8 Å². The average molecular weight is 291 g/mol. The number of thiophene rings is 2. The molecule has 3 heterocycles. The molecule has 4 N–H and O–H groups in total. The Balaban J connectivity index is 1.97. The highest BCUT2D eigenvalue weighted by Gasteiger charge is 2.12. The van der Waals surface area contributed by atoms with Gasteiger partial charge in [-0.3, -0.25) is 5.43 Å². The highest BCUT2D eigenvalue weighted by atomic mass is 32.1. The molecule has 1 unspecified atom stereocenters. The second-order valence-corrected chi connectivity index (χ2v) is 5.93. The quantitative estimate of drug-likeness (QED) is 0.508. The Morgan fingerprint density at radius 2 is 2.11 bits per heavy atom. The lowest BCUT2D eigenvalue weighted by Gasteiger charge is -2.14. The van der Waals surface area contributed by atoms with Crippen molar-refractivity contribution in [3.63, 3.8) is 0 Å². The molecule has 0 amide bonds. The molecular weight excluding hydrogens is 278 g/mol. The van der Waals surface area contributed by atoms with Crippen LogP contribution in [0.1, 0.15) is 17.8 Å². The predicted octanol–water partition coefficient (Wildman–Crippen LogP) is 3.21. The third kappa shape index (κ3) is 2.40. The topological polar surface area (TPSA) is 75.9 Å². The van der Waals surface area contributed by atoms with E-state index >= 15 is 0 Å². The van der Waals surface area contributed by atoms with E-state index in [2.05, 4.69) is 39.1 Å². The van der Waals surface area contributed by atoms with Crippen LogP contribution in [0.5, 0.6) is 0 Å². The van der Waals surface area contributed by atoms with Crippen molar-refractivity contribution >= 4 is 44.7 Å². The average Bonchev–Trinajstić information content (AvgIpc) is 3.09. The van der Waals surface area contributed by atoms with Crippen LogP contribution in [-0.2, 0) is 0 Å². The summed E-state index contributed by atoms with van der Waals surface area (Å²) in [6.45, 7) is 2.11. The molecule has 0 saturated heterocycles. The SMILES string of the molecule is CC(Nc1nc(NN)nc2sccc12)c1cccs1. The molecule has 7 heteroatoms. The largest absolute Gasteiger partial charge is 0.362 e. The summed E-state index contributed by atoms with van der Waals surface area (Å²) in [5.74, 6) is 6.64. The Hall–Kier alpha value is -1.70. The van der Waals surface area contributed by atoms with E-state index in [9.17, 15) is 0 Å². The minimum Gasteiger partial charge on any atom is -0.362 e. The molecule has 0 aromatic carbocycles. The second kappa shape index (κ2) is 5.12. The van der Waals surface area contributed by atoms with Crippen molar-refractivity contribution in [1.29, 1.82) is 0 Å². The molecule has 0 fully saturated rings. The van der Waals surface area contributed by atoms with Gasteiger partial charge in [-0.2, -0.15) is 4.98 Å². The number of aromatic nitrogens is 2. The Kier molecular flexibility index (Phi) is 3.33. The van der Waals surface area contributed by atoms with Crippen LogP contribution in [0.4, 0.5) is 11.8 Å². The molecule has 0 aliphatic rings. The highest BCUT2D eigenvalue weighted by Crippen LogP contribution is 2.29. The zero-order valence-corrected chi connectivity index (χ0v) is 11.9. The van der Waals surface area contributed by atoms with Crippen LogP contribution in [0.3, 0.4) is 0 Å². The first-order chi connectivity index (χ1) is 9.28. The van der Waals surface area contributed by atoms with Crippen molar-refractivity contribution in [1.82, 2.24) is 9.97 Å². The molecule has 5 nitrogen and oxygen atoms in total. The number of nitrogen functional groups attached to an aromatic ring is 1. The summed E-state index contributed by atoms with van der Waals surface area (Å²) in [5, 5.41) is 8.51. The molecule has 0 radical (unpaired) electrons. The molecule has 19 heavy (non-hydrogen) atoms. The number of anilines is 2. The molecular formula is C12H13N5S2. The van der Waals surface area contributed by atoms with E-state index in [0.717, 1.165) is 16.0 Å². The van der Waals surface area contributed by atoms with E-state index in [-0.39, 0.29) is 6.04 Å². The molecule has 0 aliphatic carbocycles. The number of nitrogens with one attached hydrogen (secondary N) is 2. The maximum Gasteiger partial charge on any atom is 0.240 e. The first-order valence-electron chi connectivity index (χ1n) is 5.79. The van der Waals surface area contributed by atoms with E-state index < -0.39 is 0 Å². The summed E-state index contributed by atoms with van der Waals surface area (Å²) in [7, 11) is 0. The van der Waals surface area contributed by atoms with Gasteiger partial charge in [0.1, 0.15) is 10.6 Å². The van der Waals surface area contributed by atoms with E-state index in [1.165, 1.54) is 4.88 Å². The highest BCUT2D eigenvalue weighted by molar-refractivity contribution is 7.16. The summed E-state index contributed by atoms with van der Waals surface area (Å²) < 4.78 is 0. The van der Waals surface area contributed by atoms with Crippen LogP contribution in [0, 0.1) is 0 Å². The van der Waals surface area contributed by atoms with Crippen LogP contribution in [-0.4, -0.2) is 9.97 Å². The summed E-state index contributed by atoms with van der Waals surface area (Å²) in [6.07, 6.45) is 0. The van der Waals surface area contributed by atoms with Crippen LogP contribution in [0.25, 0.3) is 10.2 Å². The second-order valence-electron chi connectivity index (χ2n) is 4.06. The molecule has 0 bridgehead atoms. The Bertz CT molecular complexity index is 677. The Labute approximate surface area is 118 Å². The lowest BCUT2D eigenvalue weighted by molar-refractivity contribution is 0.898. The zero-order chi connectivity index (χ0) is 13.2. The van der Waals surface area contributed by atoms with E-state index in [1.54, 1.807) is 22.7 Å². The van der Waals surface area contributed by atoms with Gasteiger partial charge in [-0.1, -0.05) is 6.07 Å². The number of nitrogens with two attached hydrogens (primary N) is 1. The summed E-state index contributed by atoms with van der Waals surface area (Å²) in [6, 6.07) is 6.37. The summed E-state index contributed by atoms with van der Waals surface area (Å²) in [4.78, 5) is 10.9. The van der Waals surface area contributed by atoms with E-state index in [0.29, 0.717) is 5.95 Å². The molecule has 3 rings (SSSR count). The van der Waals surface area contributed by atoms with Crippen molar-refractivity contribution in [2.45, 2.75) is 13.0 Å². The number of hydrogen-bond donors (Lipinski definition) is 3. The van der Waals surface area contributed by atoms with Gasteiger partial charge in [0, 0.05) is 4.88 Å². The lowest BCUT2D eigenvalue weighted by Crippen LogP contribution is -2.13. The smallest absolute Gasteiger partial charge is 0.240 e. The van der Waals surface area contributed by atoms with E-state index in [1.807, 2.05) is 17.5 Å². The molecule has 98 valence electrons. The van der Waals surface area contributed by atoms with Crippen LogP contribution < -0.4 is 16.6 Å². The molecule has 3 aromatic heterocycles. The first kappa shape index (κ1) is 12.3. The van der Waals surface area contributed by atoms with E-state index in [4.69, 9.17) is 5.84 Å². The molecule has 0 saturated carbocycles. The number of nitrogens with zero attached hydrogens (tertiary/aromatic N) is 2. The fraction of sp³-hybridized carbons (Fsp3) is 0.167. The first-order valence-corrected chi connectivity index (χ1v) is 7.55. The minimum atomic E-state index is 0.198. The van der Waals surface area contributed by atoms with Crippen LogP contribution in [0.2, 0.25) is 0 Å². The van der Waals surface area contributed by atoms with Gasteiger partial charge >= 0.3 is 0 Å². The number of hydrogen-bond acceptors (Lipinski definition) is 7. The number of rotatable bonds is 4. The van der Waals surface area contributed by atoms with Gasteiger partial charge in [-0.05, 0) is 29.8 Å². The molecule has 0 spiro atoms. The Morgan fingerprint density at radius 1 is 1.21 bits per heavy atom. The number of hydrazine groups is 1. The molecule has 3 aromatic rings. The predicted molar refractivity (Wildman–Crippen MR) is 81.6 cm³/mol. The van der Waals surface area contributed by atoms with Gasteiger partial charge in [0.2, 0.25) is 5.95 Å². The van der Waals surface area contributed by atoms with Crippen molar-refractivity contribution in [2.24, 2.45) is 5.84 Å². The Morgan fingerprint density at radius 3 is 2.84 bits per heavy atom. The maximum atomic E-state index is 5.41. The van der Waals surface area contributed by atoms with Gasteiger partial charge in [-0.15, -0.1) is 22.7 Å². The van der Waals surface area contributed by atoms with Gasteiger partial charge in [0.25, 0.3) is 0 Å². The van der Waals surface area contributed by atoms with Crippen molar-refractivity contribution < 1.29 is 0 Å². The van der Waals surface area contributed by atoms with Gasteiger partial charge in [0.05, 0.1) is 11.4 Å². The zero-order valence-electron chi connectivity index (χ0n) is 10.3. The van der Waals surface area contributed by atoms with Crippen molar-refractivity contribution in [3.8, 4) is 0 Å². The molecule has 0 aliphatic heterocycles.